The van der Waals surface area contributed by atoms with Crippen molar-refractivity contribution in [3.05, 3.63) is 0 Å². The first-order valence-electron chi connectivity index (χ1n) is 8.00. The summed E-state index contributed by atoms with van der Waals surface area (Å²) in [4.78, 5) is 2.75. The number of nitrogens with one attached hydrogen (secondary N) is 2. The molecule has 0 aromatic carbocycles. The Bertz CT molecular complexity index is 244. The number of likely N-dealkylation sites (tertiary alicyclic amines) is 1. The van der Waals surface area contributed by atoms with Gasteiger partial charge in [-0.15, -0.1) is 0 Å². The van der Waals surface area contributed by atoms with Crippen molar-refractivity contribution in [1.29, 1.82) is 0 Å². The molecule has 0 amide bonds. The summed E-state index contributed by atoms with van der Waals surface area (Å²) in [5, 5.41) is 6.99. The van der Waals surface area contributed by atoms with Crippen LogP contribution in [0.3, 0.4) is 0 Å². The Morgan fingerprint density at radius 3 is 2.11 bits per heavy atom. The van der Waals surface area contributed by atoms with Gasteiger partial charge in [0.2, 0.25) is 0 Å². The second kappa shape index (κ2) is 5.89. The van der Waals surface area contributed by atoms with Crippen molar-refractivity contribution < 1.29 is 0 Å². The standard InChI is InChI=1S/C15H29N3/c1-7-16-8-2-14(1)13-18-11-5-15(6-12-18)3-9-17-10-4-15/h14,16-17H,1-13H2. The quantitative estimate of drug-likeness (QED) is 0.778. The molecule has 0 atom stereocenters. The van der Waals surface area contributed by atoms with Crippen molar-refractivity contribution in [2.75, 3.05) is 45.8 Å². The van der Waals surface area contributed by atoms with Crippen molar-refractivity contribution in [2.45, 2.75) is 38.5 Å². The van der Waals surface area contributed by atoms with Crippen LogP contribution in [0.4, 0.5) is 0 Å². The Hall–Kier alpha value is -0.120. The van der Waals surface area contributed by atoms with Gasteiger partial charge in [0.15, 0.2) is 0 Å². The maximum atomic E-state index is 3.51. The largest absolute Gasteiger partial charge is 0.317 e. The third kappa shape index (κ3) is 3.06. The third-order valence-electron chi connectivity index (χ3n) is 5.56. The number of nitrogens with zero attached hydrogens (tertiary/aromatic N) is 1. The fraction of sp³-hybridized carbons (Fsp3) is 1.00. The van der Waals surface area contributed by atoms with Crippen molar-refractivity contribution in [3.63, 3.8) is 0 Å². The number of hydrogen-bond donors (Lipinski definition) is 2. The molecule has 1 spiro atoms. The van der Waals surface area contributed by atoms with Crippen LogP contribution in [-0.4, -0.2) is 50.7 Å². The minimum Gasteiger partial charge on any atom is -0.317 e. The monoisotopic (exact) mass is 251 g/mol. The number of rotatable bonds is 2. The predicted molar refractivity (Wildman–Crippen MR) is 75.8 cm³/mol. The zero-order valence-electron chi connectivity index (χ0n) is 11.7. The SMILES string of the molecule is C1CC(CN2CCC3(CCNCC3)CC2)CCN1. The molecule has 104 valence electrons. The van der Waals surface area contributed by atoms with E-state index in [1.807, 2.05) is 0 Å². The topological polar surface area (TPSA) is 27.3 Å². The molecule has 3 fully saturated rings. The summed E-state index contributed by atoms with van der Waals surface area (Å²) in [6.07, 6.45) is 8.55. The smallest absolute Gasteiger partial charge is 0.00106 e. The molecule has 3 nitrogen and oxygen atoms in total. The Morgan fingerprint density at radius 1 is 0.833 bits per heavy atom. The van der Waals surface area contributed by atoms with Crippen LogP contribution >= 0.6 is 0 Å². The van der Waals surface area contributed by atoms with Gasteiger partial charge in [-0.05, 0) is 89.1 Å². The molecule has 0 radical (unpaired) electrons. The van der Waals surface area contributed by atoms with Gasteiger partial charge >= 0.3 is 0 Å². The van der Waals surface area contributed by atoms with Crippen LogP contribution in [0.15, 0.2) is 0 Å². The van der Waals surface area contributed by atoms with Gasteiger partial charge in [0.1, 0.15) is 0 Å². The molecule has 3 aliphatic heterocycles. The lowest BCUT2D eigenvalue weighted by atomic mass is 9.71. The first-order valence-corrected chi connectivity index (χ1v) is 8.00. The van der Waals surface area contributed by atoms with Crippen molar-refractivity contribution in [2.24, 2.45) is 11.3 Å². The molecule has 0 unspecified atom stereocenters. The zero-order valence-corrected chi connectivity index (χ0v) is 11.7. The van der Waals surface area contributed by atoms with Gasteiger partial charge in [-0.3, -0.25) is 0 Å². The molecule has 0 bridgehead atoms. The summed E-state index contributed by atoms with van der Waals surface area (Å²) in [6, 6.07) is 0. The van der Waals surface area contributed by atoms with E-state index in [9.17, 15) is 0 Å². The van der Waals surface area contributed by atoms with E-state index < -0.39 is 0 Å². The van der Waals surface area contributed by atoms with E-state index in [1.165, 1.54) is 84.3 Å². The van der Waals surface area contributed by atoms with E-state index in [4.69, 9.17) is 0 Å². The lowest BCUT2D eigenvalue weighted by Crippen LogP contribution is -2.47. The minimum atomic E-state index is 0.718. The molecule has 3 heteroatoms. The highest BCUT2D eigenvalue weighted by Crippen LogP contribution is 2.39. The molecule has 18 heavy (non-hydrogen) atoms. The molecule has 3 saturated heterocycles. The summed E-state index contributed by atoms with van der Waals surface area (Å²) < 4.78 is 0. The summed E-state index contributed by atoms with van der Waals surface area (Å²) in [6.45, 7) is 9.11. The molecule has 0 saturated carbocycles. The van der Waals surface area contributed by atoms with E-state index in [-0.39, 0.29) is 0 Å². The lowest BCUT2D eigenvalue weighted by Gasteiger charge is -2.45. The maximum absolute atomic E-state index is 3.51. The van der Waals surface area contributed by atoms with Gasteiger partial charge in [-0.25, -0.2) is 0 Å². The molecule has 3 rings (SSSR count). The van der Waals surface area contributed by atoms with Gasteiger partial charge in [-0.1, -0.05) is 0 Å². The van der Waals surface area contributed by atoms with E-state index in [0.717, 1.165) is 11.3 Å². The van der Waals surface area contributed by atoms with Crippen molar-refractivity contribution in [1.82, 2.24) is 15.5 Å². The van der Waals surface area contributed by atoms with E-state index in [2.05, 4.69) is 15.5 Å². The Morgan fingerprint density at radius 2 is 1.44 bits per heavy atom. The normalized spacial score (nSPS) is 30.7. The molecule has 0 aromatic heterocycles. The van der Waals surface area contributed by atoms with Crippen LogP contribution in [0.5, 0.6) is 0 Å². The Labute approximate surface area is 112 Å². The second-order valence-corrected chi connectivity index (χ2v) is 6.74. The number of hydrogen-bond acceptors (Lipinski definition) is 3. The molecule has 3 heterocycles. The zero-order chi connectivity index (χ0) is 12.3. The van der Waals surface area contributed by atoms with Crippen molar-refractivity contribution >= 4 is 0 Å². The van der Waals surface area contributed by atoms with E-state index in [0.29, 0.717) is 0 Å². The van der Waals surface area contributed by atoms with E-state index in [1.54, 1.807) is 0 Å². The summed E-state index contributed by atoms with van der Waals surface area (Å²) in [7, 11) is 0. The Balaban J connectivity index is 1.44. The summed E-state index contributed by atoms with van der Waals surface area (Å²) in [5.41, 5.74) is 0.718. The van der Waals surface area contributed by atoms with E-state index >= 15 is 0 Å². The average Bonchev–Trinajstić information content (AvgIpc) is 2.44. The molecule has 3 aliphatic rings. The highest BCUT2D eigenvalue weighted by atomic mass is 15.1. The van der Waals surface area contributed by atoms with Crippen molar-refractivity contribution in [3.8, 4) is 0 Å². The van der Waals surface area contributed by atoms with Crippen LogP contribution in [0.25, 0.3) is 0 Å². The summed E-state index contributed by atoms with van der Waals surface area (Å²) in [5.74, 6) is 0.966. The van der Waals surface area contributed by atoms with Crippen LogP contribution in [0, 0.1) is 11.3 Å². The van der Waals surface area contributed by atoms with Crippen LogP contribution in [0.1, 0.15) is 38.5 Å². The summed E-state index contributed by atoms with van der Waals surface area (Å²) >= 11 is 0. The first-order chi connectivity index (χ1) is 8.86. The average molecular weight is 251 g/mol. The fourth-order valence-electron chi connectivity index (χ4n) is 4.10. The predicted octanol–water partition coefficient (Wildman–Crippen LogP) is 1.45. The number of piperidine rings is 3. The molecule has 2 N–H and O–H groups in total. The van der Waals surface area contributed by atoms with Gasteiger partial charge in [-0.2, -0.15) is 0 Å². The van der Waals surface area contributed by atoms with Gasteiger partial charge in [0.25, 0.3) is 0 Å². The van der Waals surface area contributed by atoms with Gasteiger partial charge < -0.3 is 15.5 Å². The van der Waals surface area contributed by atoms with Gasteiger partial charge in [0.05, 0.1) is 0 Å². The highest BCUT2D eigenvalue weighted by Gasteiger charge is 2.35. The fourth-order valence-corrected chi connectivity index (χ4v) is 4.10. The van der Waals surface area contributed by atoms with Gasteiger partial charge in [0, 0.05) is 6.54 Å². The van der Waals surface area contributed by atoms with Crippen LogP contribution in [0.2, 0.25) is 0 Å². The van der Waals surface area contributed by atoms with Crippen LogP contribution in [-0.2, 0) is 0 Å². The third-order valence-corrected chi connectivity index (χ3v) is 5.56. The maximum Gasteiger partial charge on any atom is 0.00106 e. The molecule has 0 aromatic rings. The molecular formula is C15H29N3. The Kier molecular flexibility index (Phi) is 4.22. The minimum absolute atomic E-state index is 0.718. The molecule has 0 aliphatic carbocycles. The molecular weight excluding hydrogens is 222 g/mol. The lowest BCUT2D eigenvalue weighted by molar-refractivity contribution is 0.0622. The first kappa shape index (κ1) is 12.9. The second-order valence-electron chi connectivity index (χ2n) is 6.74. The van der Waals surface area contributed by atoms with Crippen LogP contribution < -0.4 is 10.6 Å². The highest BCUT2D eigenvalue weighted by molar-refractivity contribution is 4.90.